The Kier molecular flexibility index (Phi) is 16.9. The van der Waals surface area contributed by atoms with Crippen molar-refractivity contribution < 1.29 is 37.2 Å². The topological polar surface area (TPSA) is 147 Å². The van der Waals surface area contributed by atoms with Gasteiger partial charge >= 0.3 is 11.9 Å². The molecular weight excluding hydrogens is 438 g/mol. The zero-order valence-electron chi connectivity index (χ0n) is 19.5. The fourth-order valence-corrected chi connectivity index (χ4v) is 3.90. The number of nitrogens with one attached hydrogen (secondary N) is 1. The van der Waals surface area contributed by atoms with Crippen molar-refractivity contribution >= 4 is 28.0 Å². The predicted octanol–water partition coefficient (Wildman–Crippen LogP) is 3.86. The first-order valence-electron chi connectivity index (χ1n) is 11.8. The SMILES string of the molecule is CCCCCCCCCCCCCCOC(=O)[C@H](CC)NC(=O)C[C@H](C(=O)O)S(=O)(=O)O. The van der Waals surface area contributed by atoms with Crippen molar-refractivity contribution in [2.24, 2.45) is 0 Å². The molecule has 0 radical (unpaired) electrons. The van der Waals surface area contributed by atoms with E-state index in [-0.39, 0.29) is 13.0 Å². The normalized spacial score (nSPS) is 13.3. The lowest BCUT2D eigenvalue weighted by Crippen LogP contribution is -2.44. The summed E-state index contributed by atoms with van der Waals surface area (Å²) in [4.78, 5) is 34.9. The summed E-state index contributed by atoms with van der Waals surface area (Å²) in [6, 6.07) is -1.00. The maximum absolute atomic E-state index is 12.1. The van der Waals surface area contributed by atoms with Crippen molar-refractivity contribution in [3.8, 4) is 0 Å². The Balaban J connectivity index is 3.97. The van der Waals surface area contributed by atoms with Crippen LogP contribution in [0.2, 0.25) is 0 Å². The quantitative estimate of drug-likeness (QED) is 0.135. The van der Waals surface area contributed by atoms with Crippen LogP contribution in [0.1, 0.15) is 104 Å². The number of carboxylic acids is 1. The third-order valence-corrected chi connectivity index (χ3v) is 6.36. The predicted molar refractivity (Wildman–Crippen MR) is 122 cm³/mol. The van der Waals surface area contributed by atoms with Gasteiger partial charge in [0.05, 0.1) is 13.0 Å². The van der Waals surface area contributed by atoms with E-state index >= 15 is 0 Å². The van der Waals surface area contributed by atoms with Gasteiger partial charge in [0, 0.05) is 0 Å². The van der Waals surface area contributed by atoms with E-state index in [0.717, 1.165) is 25.7 Å². The van der Waals surface area contributed by atoms with E-state index in [9.17, 15) is 22.8 Å². The Bertz CT molecular complexity index is 650. The van der Waals surface area contributed by atoms with Crippen LogP contribution in [-0.2, 0) is 29.2 Å². The molecule has 0 aromatic heterocycles. The molecule has 0 aliphatic carbocycles. The van der Waals surface area contributed by atoms with E-state index in [1.807, 2.05) is 0 Å². The Morgan fingerprint density at radius 2 is 1.31 bits per heavy atom. The summed E-state index contributed by atoms with van der Waals surface area (Å²) in [7, 11) is -4.93. The molecule has 9 nitrogen and oxygen atoms in total. The van der Waals surface area contributed by atoms with Gasteiger partial charge in [-0.3, -0.25) is 14.1 Å². The number of rotatable bonds is 20. The molecule has 0 aliphatic heterocycles. The number of hydrogen-bond acceptors (Lipinski definition) is 6. The number of unbranched alkanes of at least 4 members (excludes halogenated alkanes) is 11. The first-order chi connectivity index (χ1) is 15.1. The highest BCUT2D eigenvalue weighted by molar-refractivity contribution is 7.87. The number of esters is 1. The zero-order valence-corrected chi connectivity index (χ0v) is 20.3. The number of ether oxygens (including phenoxy) is 1. The van der Waals surface area contributed by atoms with Crippen LogP contribution in [0, 0.1) is 0 Å². The molecule has 0 aromatic carbocycles. The van der Waals surface area contributed by atoms with Crippen LogP contribution >= 0.6 is 0 Å². The molecule has 10 heteroatoms. The molecule has 0 aliphatic rings. The fraction of sp³-hybridized carbons (Fsp3) is 0.864. The van der Waals surface area contributed by atoms with Gasteiger partial charge in [-0.25, -0.2) is 4.79 Å². The summed E-state index contributed by atoms with van der Waals surface area (Å²) in [6.07, 6.45) is 13.5. The molecule has 0 bridgehead atoms. The monoisotopic (exact) mass is 479 g/mol. The maximum atomic E-state index is 12.1. The standard InChI is InChI=1S/C22H41NO8S/c1-3-5-6-7-8-9-10-11-12-13-14-15-16-31-22(27)18(4-2)23-20(24)17-19(21(25)26)32(28,29)30/h18-19H,3-17H2,1-2H3,(H,23,24)(H,25,26)(H,28,29,30)/t18-,19+/m0/s1. The molecule has 0 spiro atoms. The highest BCUT2D eigenvalue weighted by Crippen LogP contribution is 2.12. The lowest BCUT2D eigenvalue weighted by Gasteiger charge is -2.17. The maximum Gasteiger partial charge on any atom is 0.328 e. The first-order valence-corrected chi connectivity index (χ1v) is 13.3. The number of carbonyl (C=O) groups excluding carboxylic acids is 2. The summed E-state index contributed by atoms with van der Waals surface area (Å²) >= 11 is 0. The molecular formula is C22H41NO8S. The van der Waals surface area contributed by atoms with Crippen LogP contribution in [0.5, 0.6) is 0 Å². The van der Waals surface area contributed by atoms with Crippen LogP contribution in [-0.4, -0.2) is 53.8 Å². The number of aliphatic carboxylic acids is 1. The van der Waals surface area contributed by atoms with Gasteiger partial charge < -0.3 is 15.2 Å². The molecule has 2 atom stereocenters. The summed E-state index contributed by atoms with van der Waals surface area (Å²) < 4.78 is 36.2. The molecule has 188 valence electrons. The van der Waals surface area contributed by atoms with Crippen LogP contribution in [0.15, 0.2) is 0 Å². The Labute approximate surface area is 192 Å². The van der Waals surface area contributed by atoms with Gasteiger partial charge in [-0.2, -0.15) is 8.42 Å². The average molecular weight is 480 g/mol. The second-order valence-electron chi connectivity index (χ2n) is 8.13. The van der Waals surface area contributed by atoms with E-state index in [4.69, 9.17) is 14.4 Å². The van der Waals surface area contributed by atoms with Crippen molar-refractivity contribution in [3.63, 3.8) is 0 Å². The van der Waals surface area contributed by atoms with Gasteiger partial charge in [-0.05, 0) is 12.8 Å². The second-order valence-corrected chi connectivity index (χ2v) is 9.73. The number of amides is 1. The van der Waals surface area contributed by atoms with Crippen molar-refractivity contribution in [2.45, 2.75) is 115 Å². The van der Waals surface area contributed by atoms with E-state index in [0.29, 0.717) is 0 Å². The minimum atomic E-state index is -4.93. The van der Waals surface area contributed by atoms with E-state index in [2.05, 4.69) is 12.2 Å². The van der Waals surface area contributed by atoms with Crippen molar-refractivity contribution in [3.05, 3.63) is 0 Å². The minimum absolute atomic E-state index is 0.201. The molecule has 0 saturated carbocycles. The average Bonchev–Trinajstić information content (AvgIpc) is 2.72. The van der Waals surface area contributed by atoms with Gasteiger partial charge in [-0.15, -0.1) is 0 Å². The van der Waals surface area contributed by atoms with Gasteiger partial charge in [0.25, 0.3) is 10.1 Å². The molecule has 0 rings (SSSR count). The largest absolute Gasteiger partial charge is 0.480 e. The smallest absolute Gasteiger partial charge is 0.328 e. The first kappa shape index (κ1) is 30.3. The van der Waals surface area contributed by atoms with Gasteiger partial charge in [-0.1, -0.05) is 84.5 Å². The van der Waals surface area contributed by atoms with Crippen LogP contribution in [0.4, 0.5) is 0 Å². The highest BCUT2D eigenvalue weighted by Gasteiger charge is 2.34. The van der Waals surface area contributed by atoms with Crippen molar-refractivity contribution in [1.82, 2.24) is 5.32 Å². The summed E-state index contributed by atoms with van der Waals surface area (Å²) in [5, 5.41) is 8.82. The third-order valence-electron chi connectivity index (χ3n) is 5.28. The van der Waals surface area contributed by atoms with E-state index in [1.54, 1.807) is 6.92 Å². The van der Waals surface area contributed by atoms with Gasteiger partial charge in [0.2, 0.25) is 5.91 Å². The zero-order chi connectivity index (χ0) is 24.4. The van der Waals surface area contributed by atoms with E-state index in [1.165, 1.54) is 51.4 Å². The third kappa shape index (κ3) is 15.2. The molecule has 1 amide bonds. The molecule has 0 aromatic rings. The number of carbonyl (C=O) groups is 3. The van der Waals surface area contributed by atoms with Crippen LogP contribution < -0.4 is 5.32 Å². The lowest BCUT2D eigenvalue weighted by atomic mass is 10.1. The lowest BCUT2D eigenvalue weighted by molar-refractivity contribution is -0.148. The molecule has 0 heterocycles. The van der Waals surface area contributed by atoms with Crippen molar-refractivity contribution in [2.75, 3.05) is 6.61 Å². The molecule has 0 unspecified atom stereocenters. The van der Waals surface area contributed by atoms with Gasteiger partial charge in [0.1, 0.15) is 6.04 Å². The van der Waals surface area contributed by atoms with Crippen LogP contribution in [0.25, 0.3) is 0 Å². The van der Waals surface area contributed by atoms with E-state index < -0.39 is 45.7 Å². The molecule has 3 N–H and O–H groups in total. The molecule has 32 heavy (non-hydrogen) atoms. The number of carboxylic acid groups (broad SMARTS) is 1. The highest BCUT2D eigenvalue weighted by atomic mass is 32.2. The Morgan fingerprint density at radius 3 is 1.72 bits per heavy atom. The molecule has 0 saturated heterocycles. The Morgan fingerprint density at radius 1 is 0.844 bits per heavy atom. The summed E-state index contributed by atoms with van der Waals surface area (Å²) in [6.45, 7) is 4.08. The van der Waals surface area contributed by atoms with Crippen molar-refractivity contribution in [1.29, 1.82) is 0 Å². The Hall–Kier alpha value is -1.68. The van der Waals surface area contributed by atoms with Crippen LogP contribution in [0.3, 0.4) is 0 Å². The second kappa shape index (κ2) is 17.8. The van der Waals surface area contributed by atoms with Gasteiger partial charge in [0.15, 0.2) is 5.25 Å². The number of hydrogen-bond donors (Lipinski definition) is 3. The summed E-state index contributed by atoms with van der Waals surface area (Å²) in [5.41, 5.74) is 0. The summed E-state index contributed by atoms with van der Waals surface area (Å²) in [5.74, 6) is -3.46. The molecule has 0 fully saturated rings. The minimum Gasteiger partial charge on any atom is -0.480 e. The fourth-order valence-electron chi connectivity index (χ4n) is 3.29.